The van der Waals surface area contributed by atoms with E-state index < -0.39 is 29.6 Å². The van der Waals surface area contributed by atoms with Gasteiger partial charge in [0.2, 0.25) is 5.91 Å². The highest BCUT2D eigenvalue weighted by Crippen LogP contribution is 2.11. The predicted octanol–water partition coefficient (Wildman–Crippen LogP) is 2.92. The van der Waals surface area contributed by atoms with Gasteiger partial charge in [-0.25, -0.2) is 13.6 Å². The maximum atomic E-state index is 13.1. The molecule has 2 N–H and O–H groups in total. The lowest BCUT2D eigenvalue weighted by Gasteiger charge is -2.15. The van der Waals surface area contributed by atoms with Crippen molar-refractivity contribution in [3.05, 3.63) is 68.8 Å². The van der Waals surface area contributed by atoms with Crippen molar-refractivity contribution in [1.82, 2.24) is 5.32 Å². The summed E-state index contributed by atoms with van der Waals surface area (Å²) in [5, 5.41) is 11.7. The smallest absolute Gasteiger partial charge is 0.326 e. The van der Waals surface area contributed by atoms with Crippen LogP contribution in [0.25, 0.3) is 0 Å². The molecule has 24 heavy (non-hydrogen) atoms. The van der Waals surface area contributed by atoms with Crippen LogP contribution in [0.5, 0.6) is 0 Å². The molecule has 2 aromatic carbocycles. The molecule has 0 aliphatic heterocycles. The number of rotatable bonds is 6. The third-order valence-corrected chi connectivity index (χ3v) is 4.05. The van der Waals surface area contributed by atoms with Gasteiger partial charge in [0.25, 0.3) is 0 Å². The van der Waals surface area contributed by atoms with E-state index in [1.165, 1.54) is 6.07 Å². The maximum absolute atomic E-state index is 13.1. The Hall–Kier alpha value is -2.03. The lowest BCUT2D eigenvalue weighted by molar-refractivity contribution is -0.141. The van der Waals surface area contributed by atoms with Gasteiger partial charge in [-0.05, 0) is 58.0 Å². The molecule has 0 spiro atoms. The van der Waals surface area contributed by atoms with Gasteiger partial charge in [-0.2, -0.15) is 0 Å². The van der Waals surface area contributed by atoms with Gasteiger partial charge in [-0.1, -0.05) is 18.2 Å². The quantitative estimate of drug-likeness (QED) is 0.673. The maximum Gasteiger partial charge on any atom is 0.326 e. The van der Waals surface area contributed by atoms with Crippen molar-refractivity contribution in [2.45, 2.75) is 18.9 Å². The summed E-state index contributed by atoms with van der Waals surface area (Å²) in [7, 11) is 0. The van der Waals surface area contributed by atoms with E-state index >= 15 is 0 Å². The lowest BCUT2D eigenvalue weighted by Crippen LogP contribution is -2.43. The lowest BCUT2D eigenvalue weighted by atomic mass is 10.1. The Labute approximate surface area is 151 Å². The second-order valence-electron chi connectivity index (χ2n) is 5.21. The molecule has 0 heterocycles. The van der Waals surface area contributed by atoms with Gasteiger partial charge in [0.05, 0.1) is 6.42 Å². The number of nitrogens with one attached hydrogen (secondary N) is 1. The van der Waals surface area contributed by atoms with Gasteiger partial charge in [0.1, 0.15) is 6.04 Å². The molecule has 0 saturated heterocycles. The second kappa shape index (κ2) is 8.18. The first-order chi connectivity index (χ1) is 11.3. The second-order valence-corrected chi connectivity index (χ2v) is 6.46. The molecule has 1 amide bonds. The van der Waals surface area contributed by atoms with E-state index in [0.29, 0.717) is 0 Å². The SMILES string of the molecule is O=C(Cc1ccc(F)c(F)c1)N[C@@H](Cc1ccc(I)cc1)C(=O)O. The summed E-state index contributed by atoms with van der Waals surface area (Å²) >= 11 is 2.14. The molecule has 0 bridgehead atoms. The van der Waals surface area contributed by atoms with Gasteiger partial charge in [0, 0.05) is 9.99 Å². The number of halogens is 3. The van der Waals surface area contributed by atoms with Crippen LogP contribution in [0.15, 0.2) is 42.5 Å². The number of amides is 1. The van der Waals surface area contributed by atoms with Crippen molar-refractivity contribution in [1.29, 1.82) is 0 Å². The highest BCUT2D eigenvalue weighted by molar-refractivity contribution is 14.1. The Morgan fingerprint density at radius 2 is 1.67 bits per heavy atom. The van der Waals surface area contributed by atoms with Crippen molar-refractivity contribution in [2.75, 3.05) is 0 Å². The average Bonchev–Trinajstić information content (AvgIpc) is 2.52. The van der Waals surface area contributed by atoms with Crippen molar-refractivity contribution in [3.63, 3.8) is 0 Å². The van der Waals surface area contributed by atoms with Crippen molar-refractivity contribution in [3.8, 4) is 0 Å². The van der Waals surface area contributed by atoms with Crippen LogP contribution < -0.4 is 5.32 Å². The standard InChI is InChI=1S/C17H14F2INO3/c18-13-6-3-11(7-14(13)19)9-16(22)21-15(17(23)24)8-10-1-4-12(20)5-2-10/h1-7,15H,8-9H2,(H,21,22)(H,23,24)/t15-/m0/s1. The molecule has 2 aromatic rings. The Bertz CT molecular complexity index is 750. The van der Waals surface area contributed by atoms with Crippen molar-refractivity contribution >= 4 is 34.5 Å². The van der Waals surface area contributed by atoms with E-state index in [0.717, 1.165) is 21.3 Å². The van der Waals surface area contributed by atoms with Crippen LogP contribution in [-0.4, -0.2) is 23.0 Å². The van der Waals surface area contributed by atoms with Gasteiger partial charge < -0.3 is 10.4 Å². The Balaban J connectivity index is 2.01. The summed E-state index contributed by atoms with van der Waals surface area (Å²) in [6, 6.07) is 9.31. The third-order valence-electron chi connectivity index (χ3n) is 3.34. The zero-order chi connectivity index (χ0) is 17.7. The number of carboxylic acids is 1. The van der Waals surface area contributed by atoms with E-state index in [4.69, 9.17) is 0 Å². The fraction of sp³-hybridized carbons (Fsp3) is 0.176. The number of hydrogen-bond acceptors (Lipinski definition) is 2. The molecule has 0 saturated carbocycles. The van der Waals surface area contributed by atoms with E-state index in [9.17, 15) is 23.5 Å². The van der Waals surface area contributed by atoms with E-state index in [1.54, 1.807) is 12.1 Å². The molecule has 0 radical (unpaired) electrons. The predicted molar refractivity (Wildman–Crippen MR) is 92.5 cm³/mol. The van der Waals surface area contributed by atoms with E-state index in [-0.39, 0.29) is 18.4 Å². The summed E-state index contributed by atoms with van der Waals surface area (Å²) in [5.41, 5.74) is 1.04. The van der Waals surface area contributed by atoms with Gasteiger partial charge >= 0.3 is 5.97 Å². The van der Waals surface area contributed by atoms with Gasteiger partial charge in [-0.3, -0.25) is 4.79 Å². The molecule has 126 valence electrons. The Kier molecular flexibility index (Phi) is 6.24. The topological polar surface area (TPSA) is 66.4 Å². The van der Waals surface area contributed by atoms with Crippen LogP contribution in [0.1, 0.15) is 11.1 Å². The Morgan fingerprint density at radius 1 is 1.04 bits per heavy atom. The van der Waals surface area contributed by atoms with Crippen LogP contribution in [0, 0.1) is 15.2 Å². The first-order valence-corrected chi connectivity index (χ1v) is 8.13. The average molecular weight is 445 g/mol. The highest BCUT2D eigenvalue weighted by Gasteiger charge is 2.20. The van der Waals surface area contributed by atoms with Gasteiger partial charge in [0.15, 0.2) is 11.6 Å². The fourth-order valence-corrected chi connectivity index (χ4v) is 2.50. The van der Waals surface area contributed by atoms with E-state index in [2.05, 4.69) is 27.9 Å². The van der Waals surface area contributed by atoms with E-state index in [1.807, 2.05) is 12.1 Å². The molecule has 0 aliphatic carbocycles. The first-order valence-electron chi connectivity index (χ1n) is 7.05. The first kappa shape index (κ1) is 18.3. The number of aliphatic carboxylic acids is 1. The molecule has 0 unspecified atom stereocenters. The molecular formula is C17H14F2INO3. The molecular weight excluding hydrogens is 431 g/mol. The summed E-state index contributed by atoms with van der Waals surface area (Å²) in [4.78, 5) is 23.3. The minimum absolute atomic E-state index is 0.135. The number of carbonyl (C=O) groups is 2. The van der Waals surface area contributed by atoms with Crippen LogP contribution >= 0.6 is 22.6 Å². The molecule has 0 aromatic heterocycles. The minimum atomic E-state index is -1.16. The molecule has 1 atom stereocenters. The summed E-state index contributed by atoms with van der Waals surface area (Å²) in [6.07, 6.45) is -0.0938. The van der Waals surface area contributed by atoms with Crippen molar-refractivity contribution in [2.24, 2.45) is 0 Å². The molecule has 2 rings (SSSR count). The Morgan fingerprint density at radius 3 is 2.25 bits per heavy atom. The van der Waals surface area contributed by atoms with Crippen LogP contribution in [0.4, 0.5) is 8.78 Å². The van der Waals surface area contributed by atoms with Crippen molar-refractivity contribution < 1.29 is 23.5 Å². The monoisotopic (exact) mass is 445 g/mol. The summed E-state index contributed by atoms with van der Waals surface area (Å²) in [6.45, 7) is 0. The van der Waals surface area contributed by atoms with Gasteiger partial charge in [-0.15, -0.1) is 0 Å². The zero-order valence-corrected chi connectivity index (χ0v) is 14.6. The van der Waals surface area contributed by atoms with Crippen LogP contribution in [0.3, 0.4) is 0 Å². The third kappa shape index (κ3) is 5.26. The van der Waals surface area contributed by atoms with Crippen LogP contribution in [0.2, 0.25) is 0 Å². The summed E-state index contributed by atoms with van der Waals surface area (Å²) < 4.78 is 27.0. The van der Waals surface area contributed by atoms with Crippen LogP contribution in [-0.2, 0) is 22.4 Å². The molecule has 4 nitrogen and oxygen atoms in total. The summed E-state index contributed by atoms with van der Waals surface area (Å²) in [5.74, 6) is -3.78. The minimum Gasteiger partial charge on any atom is -0.480 e. The zero-order valence-electron chi connectivity index (χ0n) is 12.4. The molecule has 7 heteroatoms. The number of carboxylic acid groups (broad SMARTS) is 1. The number of hydrogen-bond donors (Lipinski definition) is 2. The normalized spacial score (nSPS) is 11.8. The highest BCUT2D eigenvalue weighted by atomic mass is 127. The fourth-order valence-electron chi connectivity index (χ4n) is 2.14. The molecule has 0 fully saturated rings. The number of benzene rings is 2. The molecule has 0 aliphatic rings. The largest absolute Gasteiger partial charge is 0.480 e. The number of carbonyl (C=O) groups excluding carboxylic acids is 1.